The maximum absolute atomic E-state index is 12.8. The highest BCUT2D eigenvalue weighted by molar-refractivity contribution is 8.15. The Balaban J connectivity index is 1.76. The Morgan fingerprint density at radius 1 is 1.21 bits per heavy atom. The number of anilines is 1. The van der Waals surface area contributed by atoms with E-state index in [0.717, 1.165) is 0 Å². The third kappa shape index (κ3) is 4.79. The Morgan fingerprint density at radius 3 is 2.68 bits per heavy atom. The lowest BCUT2D eigenvalue weighted by Gasteiger charge is -2.12. The number of carbonyl (C=O) groups is 3. The van der Waals surface area contributed by atoms with Crippen LogP contribution in [0.2, 0.25) is 5.02 Å². The van der Waals surface area contributed by atoms with Gasteiger partial charge in [-0.05, 0) is 25.1 Å². The number of amidine groups is 1. The summed E-state index contributed by atoms with van der Waals surface area (Å²) in [5.74, 6) is -0.859. The van der Waals surface area contributed by atoms with Gasteiger partial charge in [0.1, 0.15) is 5.25 Å². The molecule has 2 amide bonds. The molecule has 0 radical (unpaired) electrons. The van der Waals surface area contributed by atoms with Crippen molar-refractivity contribution in [1.29, 1.82) is 0 Å². The highest BCUT2D eigenvalue weighted by Gasteiger charge is 2.32. The number of rotatable bonds is 6. The van der Waals surface area contributed by atoms with Crippen molar-refractivity contribution >= 4 is 51.8 Å². The molecule has 6 nitrogen and oxygen atoms in total. The highest BCUT2D eigenvalue weighted by atomic mass is 35.5. The van der Waals surface area contributed by atoms with Crippen LogP contribution in [0.15, 0.2) is 53.5 Å². The Labute approximate surface area is 171 Å². The Hall–Kier alpha value is -2.64. The maximum atomic E-state index is 12.8. The van der Waals surface area contributed by atoms with Crippen LogP contribution in [0.3, 0.4) is 0 Å². The monoisotopic (exact) mass is 415 g/mol. The van der Waals surface area contributed by atoms with E-state index in [2.05, 4.69) is 15.6 Å². The molecule has 8 heteroatoms. The van der Waals surface area contributed by atoms with Crippen LogP contribution in [0.1, 0.15) is 29.3 Å². The van der Waals surface area contributed by atoms with Crippen molar-refractivity contribution in [3.05, 3.63) is 64.7 Å². The number of hydrogen-bond donors (Lipinski definition) is 2. The van der Waals surface area contributed by atoms with Gasteiger partial charge in [0.25, 0.3) is 0 Å². The molecule has 0 saturated carbocycles. The van der Waals surface area contributed by atoms with Gasteiger partial charge in [-0.25, -0.2) is 0 Å². The molecule has 0 aromatic heterocycles. The van der Waals surface area contributed by atoms with Gasteiger partial charge in [-0.3, -0.25) is 19.4 Å². The SMILES string of the molecule is CCN=C1NC(=O)[C@H](CC(=O)Nc2ccc(Cl)cc2C(=O)c2ccccc2)S1. The fraction of sp³-hybridized carbons (Fsp3) is 0.200. The molecule has 1 saturated heterocycles. The maximum Gasteiger partial charge on any atom is 0.240 e. The van der Waals surface area contributed by atoms with Gasteiger partial charge in [-0.2, -0.15) is 0 Å². The summed E-state index contributed by atoms with van der Waals surface area (Å²) in [5, 5.41) is 5.75. The average Bonchev–Trinajstić information content (AvgIpc) is 3.02. The highest BCUT2D eigenvalue weighted by Crippen LogP contribution is 2.26. The number of carbonyl (C=O) groups excluding carboxylic acids is 3. The van der Waals surface area contributed by atoms with Gasteiger partial charge in [-0.15, -0.1) is 0 Å². The molecule has 1 heterocycles. The van der Waals surface area contributed by atoms with Gasteiger partial charge in [0.15, 0.2) is 11.0 Å². The van der Waals surface area contributed by atoms with E-state index >= 15 is 0 Å². The molecule has 1 aliphatic rings. The first-order chi connectivity index (χ1) is 13.5. The Kier molecular flexibility index (Phi) is 6.49. The fourth-order valence-electron chi connectivity index (χ4n) is 2.69. The molecule has 1 fully saturated rings. The summed E-state index contributed by atoms with van der Waals surface area (Å²) in [7, 11) is 0. The van der Waals surface area contributed by atoms with E-state index in [0.29, 0.717) is 33.5 Å². The molecular formula is C20H18ClN3O3S. The molecule has 3 rings (SSSR count). The van der Waals surface area contributed by atoms with Crippen LogP contribution in [0.4, 0.5) is 5.69 Å². The number of halogens is 1. The van der Waals surface area contributed by atoms with Crippen LogP contribution < -0.4 is 10.6 Å². The van der Waals surface area contributed by atoms with Crippen molar-refractivity contribution in [2.24, 2.45) is 4.99 Å². The predicted octanol–water partition coefficient (Wildman–Crippen LogP) is 3.51. The third-order valence-corrected chi connectivity index (χ3v) is 5.34. The number of nitrogens with zero attached hydrogens (tertiary/aromatic N) is 1. The zero-order chi connectivity index (χ0) is 20.1. The molecule has 2 aromatic carbocycles. The average molecular weight is 416 g/mol. The summed E-state index contributed by atoms with van der Waals surface area (Å²) < 4.78 is 0. The van der Waals surface area contributed by atoms with Crippen LogP contribution in [-0.4, -0.2) is 34.6 Å². The number of hydrogen-bond acceptors (Lipinski definition) is 5. The largest absolute Gasteiger partial charge is 0.325 e. The number of thioether (sulfide) groups is 1. The van der Waals surface area contributed by atoms with Gasteiger partial charge in [0, 0.05) is 29.1 Å². The number of benzene rings is 2. The zero-order valence-electron chi connectivity index (χ0n) is 15.1. The van der Waals surface area contributed by atoms with E-state index in [9.17, 15) is 14.4 Å². The Bertz CT molecular complexity index is 947. The molecular weight excluding hydrogens is 398 g/mol. The molecule has 2 N–H and O–H groups in total. The summed E-state index contributed by atoms with van der Waals surface area (Å²) >= 11 is 7.29. The summed E-state index contributed by atoms with van der Waals surface area (Å²) in [6.45, 7) is 2.42. The molecule has 0 bridgehead atoms. The van der Waals surface area contributed by atoms with Gasteiger partial charge in [-0.1, -0.05) is 53.7 Å². The molecule has 2 aromatic rings. The van der Waals surface area contributed by atoms with E-state index in [1.165, 1.54) is 17.8 Å². The van der Waals surface area contributed by atoms with Crippen molar-refractivity contribution in [1.82, 2.24) is 5.32 Å². The van der Waals surface area contributed by atoms with Crippen molar-refractivity contribution in [2.75, 3.05) is 11.9 Å². The molecule has 0 aliphatic carbocycles. The number of aliphatic imine (C=N–C) groups is 1. The second-order valence-corrected chi connectivity index (χ2v) is 7.64. The molecule has 0 unspecified atom stereocenters. The molecule has 144 valence electrons. The van der Waals surface area contributed by atoms with Crippen molar-refractivity contribution < 1.29 is 14.4 Å². The van der Waals surface area contributed by atoms with Gasteiger partial charge < -0.3 is 10.6 Å². The summed E-state index contributed by atoms with van der Waals surface area (Å²) in [6.07, 6.45) is -0.0270. The first kappa shape index (κ1) is 20.1. The van der Waals surface area contributed by atoms with Crippen molar-refractivity contribution in [3.8, 4) is 0 Å². The van der Waals surface area contributed by atoms with E-state index < -0.39 is 5.25 Å². The summed E-state index contributed by atoms with van der Waals surface area (Å²) in [5.41, 5.74) is 1.14. The Morgan fingerprint density at radius 2 is 1.96 bits per heavy atom. The van der Waals surface area contributed by atoms with Crippen LogP contribution in [0.25, 0.3) is 0 Å². The van der Waals surface area contributed by atoms with Gasteiger partial charge in [0.2, 0.25) is 11.8 Å². The van der Waals surface area contributed by atoms with E-state index in [1.807, 2.05) is 13.0 Å². The van der Waals surface area contributed by atoms with E-state index in [4.69, 9.17) is 11.6 Å². The van der Waals surface area contributed by atoms with Gasteiger partial charge in [0.05, 0.1) is 5.69 Å². The minimum atomic E-state index is -0.550. The van der Waals surface area contributed by atoms with Crippen LogP contribution in [0, 0.1) is 0 Å². The topological polar surface area (TPSA) is 87.6 Å². The van der Waals surface area contributed by atoms with Gasteiger partial charge >= 0.3 is 0 Å². The number of ketones is 1. The normalized spacial score (nSPS) is 17.4. The van der Waals surface area contributed by atoms with Crippen molar-refractivity contribution in [3.63, 3.8) is 0 Å². The second-order valence-electron chi connectivity index (χ2n) is 6.01. The minimum absolute atomic E-state index is 0.0270. The zero-order valence-corrected chi connectivity index (χ0v) is 16.6. The first-order valence-corrected chi connectivity index (χ1v) is 9.94. The molecule has 0 spiro atoms. The summed E-state index contributed by atoms with van der Waals surface area (Å²) in [6, 6.07) is 13.5. The van der Waals surface area contributed by atoms with E-state index in [1.54, 1.807) is 36.4 Å². The standard InChI is InChI=1S/C20H18ClN3O3S/c1-2-22-20-24-19(27)16(28-20)11-17(25)23-15-9-8-13(21)10-14(15)18(26)12-6-4-3-5-7-12/h3-10,16H,2,11H2,1H3,(H,23,25)(H,22,24,27)/t16-/m0/s1. The van der Waals surface area contributed by atoms with Crippen LogP contribution in [-0.2, 0) is 9.59 Å². The lowest BCUT2D eigenvalue weighted by Crippen LogP contribution is -2.28. The van der Waals surface area contributed by atoms with Crippen molar-refractivity contribution in [2.45, 2.75) is 18.6 Å². The molecule has 28 heavy (non-hydrogen) atoms. The minimum Gasteiger partial charge on any atom is -0.325 e. The second kappa shape index (κ2) is 9.03. The smallest absolute Gasteiger partial charge is 0.240 e. The lowest BCUT2D eigenvalue weighted by molar-refractivity contribution is -0.122. The predicted molar refractivity (Wildman–Crippen MR) is 112 cm³/mol. The first-order valence-electron chi connectivity index (χ1n) is 8.69. The van der Waals surface area contributed by atoms with Crippen LogP contribution >= 0.6 is 23.4 Å². The number of nitrogens with one attached hydrogen (secondary N) is 2. The molecule has 1 aliphatic heterocycles. The van der Waals surface area contributed by atoms with Crippen LogP contribution in [0.5, 0.6) is 0 Å². The third-order valence-electron chi connectivity index (χ3n) is 3.99. The van der Waals surface area contributed by atoms with E-state index in [-0.39, 0.29) is 24.0 Å². The summed E-state index contributed by atoms with van der Waals surface area (Å²) in [4.78, 5) is 41.4. The molecule has 1 atom stereocenters. The quantitative estimate of drug-likeness (QED) is 0.707. The lowest BCUT2D eigenvalue weighted by atomic mass is 10.0. The number of amides is 2. The fourth-order valence-corrected chi connectivity index (χ4v) is 3.89.